The Kier molecular flexibility index (Phi) is 1.39. The number of carboxylic acid groups (broad SMARTS) is 1. The van der Waals surface area contributed by atoms with Gasteiger partial charge in [0.1, 0.15) is 0 Å². The van der Waals surface area contributed by atoms with Crippen LogP contribution in [0.3, 0.4) is 0 Å². The van der Waals surface area contributed by atoms with Crippen LogP contribution in [0.15, 0.2) is 11.6 Å². The lowest BCUT2D eigenvalue weighted by Crippen LogP contribution is -2.33. The number of hydrogen-bond acceptors (Lipinski definition) is 1. The Morgan fingerprint density at radius 3 is 2.75 bits per heavy atom. The van der Waals surface area contributed by atoms with Crippen molar-refractivity contribution in [2.24, 2.45) is 17.3 Å². The van der Waals surface area contributed by atoms with E-state index in [1.54, 1.807) is 0 Å². The molecule has 3 unspecified atom stereocenters. The summed E-state index contributed by atoms with van der Waals surface area (Å²) in [4.78, 5) is 11.0. The SMILES string of the molecule is CC1=CC2CC1C(C)(C(=O)O)C2. The molecule has 2 heteroatoms. The van der Waals surface area contributed by atoms with Crippen LogP contribution >= 0.6 is 0 Å². The Bertz CT molecular complexity index is 267. The van der Waals surface area contributed by atoms with E-state index < -0.39 is 11.4 Å². The summed E-state index contributed by atoms with van der Waals surface area (Å²) in [5, 5.41) is 9.09. The van der Waals surface area contributed by atoms with E-state index in [4.69, 9.17) is 5.11 Å². The molecule has 0 amide bonds. The number of allylic oxidation sites excluding steroid dienone is 2. The van der Waals surface area contributed by atoms with Crippen molar-refractivity contribution in [1.82, 2.24) is 0 Å². The summed E-state index contributed by atoms with van der Waals surface area (Å²) in [5.41, 5.74) is 0.819. The predicted octanol–water partition coefficient (Wildman–Crippen LogP) is 2.06. The summed E-state index contributed by atoms with van der Waals surface area (Å²) >= 11 is 0. The minimum absolute atomic E-state index is 0.306. The van der Waals surface area contributed by atoms with Gasteiger partial charge in [-0.2, -0.15) is 0 Å². The minimum atomic E-state index is -0.623. The highest BCUT2D eigenvalue weighted by Crippen LogP contribution is 2.55. The first kappa shape index (κ1) is 7.84. The van der Waals surface area contributed by atoms with E-state index in [0.717, 1.165) is 12.8 Å². The fraction of sp³-hybridized carbons (Fsp3) is 0.700. The minimum Gasteiger partial charge on any atom is -0.481 e. The van der Waals surface area contributed by atoms with Crippen LogP contribution in [-0.4, -0.2) is 11.1 Å². The van der Waals surface area contributed by atoms with Crippen LogP contribution < -0.4 is 0 Å². The van der Waals surface area contributed by atoms with Gasteiger partial charge >= 0.3 is 5.97 Å². The van der Waals surface area contributed by atoms with Gasteiger partial charge < -0.3 is 5.11 Å². The normalized spacial score (nSPS) is 44.7. The molecular formula is C10H14O2. The van der Waals surface area contributed by atoms with Crippen LogP contribution in [-0.2, 0) is 4.79 Å². The molecule has 3 atom stereocenters. The first-order valence-electron chi connectivity index (χ1n) is 4.46. The molecule has 1 N–H and O–H groups in total. The van der Waals surface area contributed by atoms with Crippen LogP contribution in [0.2, 0.25) is 0 Å². The predicted molar refractivity (Wildman–Crippen MR) is 45.7 cm³/mol. The van der Waals surface area contributed by atoms with Crippen LogP contribution in [0.5, 0.6) is 0 Å². The number of hydrogen-bond donors (Lipinski definition) is 1. The summed E-state index contributed by atoms with van der Waals surface area (Å²) < 4.78 is 0. The third kappa shape index (κ3) is 0.780. The maximum atomic E-state index is 11.0. The molecule has 66 valence electrons. The second kappa shape index (κ2) is 2.12. The topological polar surface area (TPSA) is 37.3 Å². The van der Waals surface area contributed by atoms with Crippen molar-refractivity contribution < 1.29 is 9.90 Å². The van der Waals surface area contributed by atoms with Crippen molar-refractivity contribution in [3.05, 3.63) is 11.6 Å². The molecular weight excluding hydrogens is 152 g/mol. The standard InChI is InChI=1S/C10H14O2/c1-6-3-7-4-8(6)10(2,5-7)9(11)12/h3,7-8H,4-5H2,1-2H3,(H,11,12). The molecule has 0 aromatic rings. The van der Waals surface area contributed by atoms with Crippen molar-refractivity contribution >= 4 is 5.97 Å². The van der Waals surface area contributed by atoms with Crippen molar-refractivity contribution in [2.45, 2.75) is 26.7 Å². The molecule has 1 saturated carbocycles. The number of carbonyl (C=O) groups is 1. The van der Waals surface area contributed by atoms with E-state index in [2.05, 4.69) is 13.0 Å². The first-order chi connectivity index (χ1) is 5.54. The second-order valence-corrected chi connectivity index (χ2v) is 4.39. The molecule has 0 aliphatic heterocycles. The summed E-state index contributed by atoms with van der Waals surface area (Å²) in [5.74, 6) is 0.221. The van der Waals surface area contributed by atoms with Crippen LogP contribution in [0, 0.1) is 17.3 Å². The van der Waals surface area contributed by atoms with Gasteiger partial charge in [-0.25, -0.2) is 0 Å². The van der Waals surface area contributed by atoms with Gasteiger partial charge in [-0.05, 0) is 38.5 Å². The Morgan fingerprint density at radius 2 is 2.42 bits per heavy atom. The third-order valence-corrected chi connectivity index (χ3v) is 3.53. The smallest absolute Gasteiger partial charge is 0.309 e. The molecule has 2 bridgehead atoms. The zero-order valence-electron chi connectivity index (χ0n) is 7.50. The van der Waals surface area contributed by atoms with Crippen LogP contribution in [0.25, 0.3) is 0 Å². The second-order valence-electron chi connectivity index (χ2n) is 4.39. The summed E-state index contributed by atoms with van der Waals surface area (Å²) in [7, 11) is 0. The van der Waals surface area contributed by atoms with Crippen molar-refractivity contribution in [1.29, 1.82) is 0 Å². The molecule has 0 radical (unpaired) electrons. The zero-order chi connectivity index (χ0) is 8.93. The maximum absolute atomic E-state index is 11.0. The number of fused-ring (bicyclic) bond motifs is 2. The number of rotatable bonds is 1. The molecule has 2 aliphatic rings. The van der Waals surface area contributed by atoms with Gasteiger partial charge in [0.15, 0.2) is 0 Å². The quantitative estimate of drug-likeness (QED) is 0.605. The maximum Gasteiger partial charge on any atom is 0.309 e. The van der Waals surface area contributed by atoms with E-state index in [9.17, 15) is 4.79 Å². The highest BCUT2D eigenvalue weighted by atomic mass is 16.4. The Balaban J connectivity index is 2.35. The van der Waals surface area contributed by atoms with Gasteiger partial charge in [-0.3, -0.25) is 4.79 Å². The molecule has 0 aromatic heterocycles. The van der Waals surface area contributed by atoms with Gasteiger partial charge in [0, 0.05) is 0 Å². The Labute approximate surface area is 72.3 Å². The molecule has 0 aromatic carbocycles. The largest absolute Gasteiger partial charge is 0.481 e. The van der Waals surface area contributed by atoms with Gasteiger partial charge in [0.25, 0.3) is 0 Å². The highest BCUT2D eigenvalue weighted by Gasteiger charge is 2.52. The number of carboxylic acids is 1. The lowest BCUT2D eigenvalue weighted by atomic mass is 9.74. The van der Waals surface area contributed by atoms with Crippen molar-refractivity contribution in [2.75, 3.05) is 0 Å². The molecule has 12 heavy (non-hydrogen) atoms. The lowest BCUT2D eigenvalue weighted by Gasteiger charge is -2.29. The molecule has 2 rings (SSSR count). The summed E-state index contributed by atoms with van der Waals surface area (Å²) in [6.07, 6.45) is 4.15. The van der Waals surface area contributed by atoms with Gasteiger partial charge in [0.2, 0.25) is 0 Å². The fourth-order valence-corrected chi connectivity index (χ4v) is 2.87. The van der Waals surface area contributed by atoms with Gasteiger partial charge in [-0.15, -0.1) is 0 Å². The summed E-state index contributed by atoms with van der Waals surface area (Å²) in [6.45, 7) is 3.95. The van der Waals surface area contributed by atoms with Crippen molar-refractivity contribution in [3.8, 4) is 0 Å². The van der Waals surface area contributed by atoms with E-state index in [1.807, 2.05) is 6.92 Å². The lowest BCUT2D eigenvalue weighted by molar-refractivity contribution is -0.149. The van der Waals surface area contributed by atoms with E-state index in [1.165, 1.54) is 5.57 Å². The molecule has 0 spiro atoms. The molecule has 1 fully saturated rings. The fourth-order valence-electron chi connectivity index (χ4n) is 2.87. The van der Waals surface area contributed by atoms with E-state index >= 15 is 0 Å². The zero-order valence-corrected chi connectivity index (χ0v) is 7.50. The Hall–Kier alpha value is -0.790. The van der Waals surface area contributed by atoms with Gasteiger partial charge in [0.05, 0.1) is 5.41 Å². The average Bonchev–Trinajstić information content (AvgIpc) is 2.43. The van der Waals surface area contributed by atoms with E-state index in [-0.39, 0.29) is 0 Å². The first-order valence-corrected chi connectivity index (χ1v) is 4.46. The Morgan fingerprint density at radius 1 is 1.75 bits per heavy atom. The van der Waals surface area contributed by atoms with E-state index in [0.29, 0.717) is 11.8 Å². The van der Waals surface area contributed by atoms with Crippen molar-refractivity contribution in [3.63, 3.8) is 0 Å². The third-order valence-electron chi connectivity index (χ3n) is 3.53. The molecule has 0 heterocycles. The highest BCUT2D eigenvalue weighted by molar-refractivity contribution is 5.76. The molecule has 0 saturated heterocycles. The molecule has 2 nitrogen and oxygen atoms in total. The van der Waals surface area contributed by atoms with Crippen LogP contribution in [0.1, 0.15) is 26.7 Å². The monoisotopic (exact) mass is 166 g/mol. The van der Waals surface area contributed by atoms with Gasteiger partial charge in [-0.1, -0.05) is 11.6 Å². The summed E-state index contributed by atoms with van der Waals surface area (Å²) in [6, 6.07) is 0. The van der Waals surface area contributed by atoms with Crippen LogP contribution in [0.4, 0.5) is 0 Å². The molecule has 2 aliphatic carbocycles. The number of aliphatic carboxylic acids is 1. The average molecular weight is 166 g/mol.